The summed E-state index contributed by atoms with van der Waals surface area (Å²) in [6.45, 7) is 2.57. The van der Waals surface area contributed by atoms with Crippen molar-refractivity contribution < 1.29 is 36.9 Å². The molecule has 2 rings (SSSR count). The van der Waals surface area contributed by atoms with Gasteiger partial charge in [-0.3, -0.25) is 4.79 Å². The van der Waals surface area contributed by atoms with Crippen LogP contribution < -0.4 is 18.5 Å². The summed E-state index contributed by atoms with van der Waals surface area (Å²) in [5.74, 6) is -1.74. The molecule has 0 amide bonds. The number of hydrogen-bond donors (Lipinski definition) is 1. The summed E-state index contributed by atoms with van der Waals surface area (Å²) in [6.07, 6.45) is 0. The van der Waals surface area contributed by atoms with Crippen LogP contribution in [0.5, 0.6) is 23.0 Å². The summed E-state index contributed by atoms with van der Waals surface area (Å²) in [7, 11) is 0.341. The van der Waals surface area contributed by atoms with Gasteiger partial charge in [0.1, 0.15) is 0 Å². The normalized spacial score (nSPS) is 11.1. The number of aromatic hydroxyl groups is 1. The Morgan fingerprint density at radius 3 is 2.41 bits per heavy atom. The fourth-order valence-electron chi connectivity index (χ4n) is 2.41. The maximum absolute atomic E-state index is 12.2. The first kappa shape index (κ1) is 20.4. The number of nitrogens with zero attached hydrogens (tertiary/aromatic N) is 1. The summed E-state index contributed by atoms with van der Waals surface area (Å²) in [5, 5.41) is 10.6. The van der Waals surface area contributed by atoms with E-state index in [-0.39, 0.29) is 28.7 Å². The van der Waals surface area contributed by atoms with Crippen molar-refractivity contribution >= 4 is 21.9 Å². The minimum absolute atomic E-state index is 0.129. The van der Waals surface area contributed by atoms with E-state index in [1.165, 1.54) is 28.2 Å². The molecule has 10 heteroatoms. The summed E-state index contributed by atoms with van der Waals surface area (Å²) in [4.78, 5) is 11.4. The van der Waals surface area contributed by atoms with Gasteiger partial charge in [-0.15, -0.1) is 0 Å². The van der Waals surface area contributed by atoms with E-state index in [2.05, 4.69) is 0 Å². The molecular formula is C17H21NO8S. The van der Waals surface area contributed by atoms with E-state index < -0.39 is 27.5 Å². The molecule has 1 aromatic heterocycles. The van der Waals surface area contributed by atoms with Gasteiger partial charge in [-0.1, -0.05) is 6.07 Å². The van der Waals surface area contributed by atoms with Crippen LogP contribution in [0.1, 0.15) is 13.8 Å². The first-order valence-corrected chi connectivity index (χ1v) is 9.50. The second-order valence-electron chi connectivity index (χ2n) is 5.42. The molecule has 1 N–H and O–H groups in total. The highest BCUT2D eigenvalue weighted by molar-refractivity contribution is 7.92. The van der Waals surface area contributed by atoms with Gasteiger partial charge in [0.05, 0.1) is 25.5 Å². The van der Waals surface area contributed by atoms with E-state index in [0.717, 1.165) is 11.2 Å². The lowest BCUT2D eigenvalue weighted by atomic mass is 10.1. The number of esters is 1. The minimum atomic E-state index is -3.74. The molecular weight excluding hydrogens is 378 g/mol. The fourth-order valence-corrected chi connectivity index (χ4v) is 3.17. The Morgan fingerprint density at radius 1 is 1.22 bits per heavy atom. The van der Waals surface area contributed by atoms with Crippen molar-refractivity contribution in [3.05, 3.63) is 18.2 Å². The monoisotopic (exact) mass is 399 g/mol. The van der Waals surface area contributed by atoms with Gasteiger partial charge in [0, 0.05) is 14.0 Å². The largest absolute Gasteiger partial charge is 0.502 e. The predicted molar refractivity (Wildman–Crippen MR) is 98.1 cm³/mol. The Morgan fingerprint density at radius 2 is 1.89 bits per heavy atom. The highest BCUT2D eigenvalue weighted by atomic mass is 32.2. The smallest absolute Gasteiger partial charge is 0.308 e. The zero-order chi connectivity index (χ0) is 20.4. The second-order valence-corrected chi connectivity index (χ2v) is 7.71. The first-order valence-electron chi connectivity index (χ1n) is 7.90. The van der Waals surface area contributed by atoms with Crippen LogP contribution in [0, 0.1) is 0 Å². The number of sulfonamides is 1. The predicted octanol–water partition coefficient (Wildman–Crippen LogP) is 2.38. The zero-order valence-corrected chi connectivity index (χ0v) is 16.4. The van der Waals surface area contributed by atoms with Crippen LogP contribution in [0.25, 0.3) is 11.3 Å². The lowest BCUT2D eigenvalue weighted by molar-refractivity contribution is -0.132. The Balaban J connectivity index is 2.76. The molecule has 0 unspecified atom stereocenters. The molecule has 0 atom stereocenters. The van der Waals surface area contributed by atoms with E-state index in [1.807, 2.05) is 0 Å². The van der Waals surface area contributed by atoms with E-state index in [0.29, 0.717) is 5.75 Å². The van der Waals surface area contributed by atoms with Crippen LogP contribution >= 0.6 is 0 Å². The van der Waals surface area contributed by atoms with Gasteiger partial charge in [0.15, 0.2) is 17.3 Å². The molecule has 2 aromatic rings. The lowest BCUT2D eigenvalue weighted by Gasteiger charge is -2.16. The van der Waals surface area contributed by atoms with Gasteiger partial charge in [-0.25, -0.2) is 12.7 Å². The van der Waals surface area contributed by atoms with Gasteiger partial charge in [-0.05, 0) is 19.1 Å². The first-order chi connectivity index (χ1) is 12.7. The standard InChI is InChI=1S/C17H21NO8S/c1-6-27(21,22)18(3)17-16(25-10(2)19)13(20)15(26-17)11-8-7-9-12(23-4)14(11)24-5/h7-9,20H,6H2,1-5H3. The number of carbonyl (C=O) groups excluding carboxylic acids is 1. The number of anilines is 1. The van der Waals surface area contributed by atoms with Crippen LogP contribution in [-0.2, 0) is 14.8 Å². The third kappa shape index (κ3) is 3.80. The van der Waals surface area contributed by atoms with Gasteiger partial charge in [0.25, 0.3) is 5.88 Å². The lowest BCUT2D eigenvalue weighted by Crippen LogP contribution is -2.28. The third-order valence-corrected chi connectivity index (χ3v) is 5.51. The van der Waals surface area contributed by atoms with Crippen LogP contribution in [0.4, 0.5) is 5.88 Å². The molecule has 0 aliphatic heterocycles. The van der Waals surface area contributed by atoms with Crippen molar-refractivity contribution in [3.8, 4) is 34.3 Å². The van der Waals surface area contributed by atoms with Crippen molar-refractivity contribution in [2.75, 3.05) is 31.3 Å². The average molecular weight is 399 g/mol. The minimum Gasteiger partial charge on any atom is -0.502 e. The molecule has 148 valence electrons. The number of hydrogen-bond acceptors (Lipinski definition) is 8. The van der Waals surface area contributed by atoms with Crippen LogP contribution in [0.15, 0.2) is 22.6 Å². The van der Waals surface area contributed by atoms with Gasteiger partial charge in [-0.2, -0.15) is 0 Å². The molecule has 0 fully saturated rings. The SMILES string of the molecule is CCS(=O)(=O)N(C)c1oc(-c2cccc(OC)c2OC)c(O)c1OC(C)=O. The Labute approximate surface area is 157 Å². The molecule has 1 aromatic carbocycles. The number of methoxy groups -OCH3 is 2. The molecule has 0 aliphatic rings. The number of para-hydroxylation sites is 1. The third-order valence-electron chi connectivity index (χ3n) is 3.78. The molecule has 0 aliphatic carbocycles. The summed E-state index contributed by atoms with van der Waals surface area (Å²) >= 11 is 0. The molecule has 0 bridgehead atoms. The van der Waals surface area contributed by atoms with Crippen LogP contribution in [0.2, 0.25) is 0 Å². The van der Waals surface area contributed by atoms with Crippen molar-refractivity contribution in [3.63, 3.8) is 0 Å². The van der Waals surface area contributed by atoms with Gasteiger partial charge >= 0.3 is 5.97 Å². The Hall–Kier alpha value is -2.88. The summed E-state index contributed by atoms with van der Waals surface area (Å²) < 4.78 is 46.4. The number of rotatable bonds is 7. The maximum atomic E-state index is 12.2. The van der Waals surface area contributed by atoms with Gasteiger partial charge < -0.3 is 23.7 Å². The van der Waals surface area contributed by atoms with E-state index in [4.69, 9.17) is 18.6 Å². The summed E-state index contributed by atoms with van der Waals surface area (Å²) in [6, 6.07) is 4.86. The van der Waals surface area contributed by atoms with Gasteiger partial charge in [0.2, 0.25) is 21.5 Å². The Kier molecular flexibility index (Phi) is 5.89. The number of benzene rings is 1. The maximum Gasteiger partial charge on any atom is 0.308 e. The van der Waals surface area contributed by atoms with Crippen molar-refractivity contribution in [1.82, 2.24) is 0 Å². The quantitative estimate of drug-likeness (QED) is 0.706. The second kappa shape index (κ2) is 7.78. The number of carbonyl (C=O) groups is 1. The van der Waals surface area contributed by atoms with Crippen molar-refractivity contribution in [1.29, 1.82) is 0 Å². The van der Waals surface area contributed by atoms with Crippen molar-refractivity contribution in [2.45, 2.75) is 13.8 Å². The molecule has 0 radical (unpaired) electrons. The molecule has 27 heavy (non-hydrogen) atoms. The highest BCUT2D eigenvalue weighted by Gasteiger charge is 2.32. The molecule has 1 heterocycles. The number of ether oxygens (including phenoxy) is 3. The molecule has 0 saturated carbocycles. The zero-order valence-electron chi connectivity index (χ0n) is 15.6. The van der Waals surface area contributed by atoms with Crippen LogP contribution in [0.3, 0.4) is 0 Å². The number of furan rings is 1. The van der Waals surface area contributed by atoms with Crippen LogP contribution in [-0.4, -0.2) is 46.5 Å². The van der Waals surface area contributed by atoms with E-state index in [1.54, 1.807) is 18.2 Å². The Bertz CT molecular complexity index is 948. The fraction of sp³-hybridized carbons (Fsp3) is 0.353. The highest BCUT2D eigenvalue weighted by Crippen LogP contribution is 2.51. The molecule has 0 saturated heterocycles. The molecule has 0 spiro atoms. The molecule has 9 nitrogen and oxygen atoms in total. The topological polar surface area (TPSA) is 116 Å². The van der Waals surface area contributed by atoms with E-state index >= 15 is 0 Å². The van der Waals surface area contributed by atoms with E-state index in [9.17, 15) is 18.3 Å². The van der Waals surface area contributed by atoms with Crippen molar-refractivity contribution in [2.24, 2.45) is 0 Å². The average Bonchev–Trinajstić information content (AvgIpc) is 2.95. The summed E-state index contributed by atoms with van der Waals surface area (Å²) in [5.41, 5.74) is 0.288.